The summed E-state index contributed by atoms with van der Waals surface area (Å²) in [6.45, 7) is 1.86. The maximum absolute atomic E-state index is 13.7. The number of nitrogens with one attached hydrogen (secondary N) is 3. The number of para-hydroxylation sites is 1. The minimum Gasteiger partial charge on any atom is -0.491 e. The van der Waals surface area contributed by atoms with E-state index in [2.05, 4.69) is 16.0 Å². The second-order valence-corrected chi connectivity index (χ2v) is 10.2. The van der Waals surface area contributed by atoms with Crippen molar-refractivity contribution in [3.8, 4) is 5.75 Å². The number of benzene rings is 3. The normalized spacial score (nSPS) is 19.4. The van der Waals surface area contributed by atoms with Gasteiger partial charge in [0, 0.05) is 19.5 Å². The first-order chi connectivity index (χ1) is 20.3. The van der Waals surface area contributed by atoms with Crippen molar-refractivity contribution in [3.63, 3.8) is 0 Å². The number of rotatable bonds is 8. The number of carbonyl (C=O) groups is 4. The van der Waals surface area contributed by atoms with Crippen LogP contribution in [0.15, 0.2) is 84.9 Å². The van der Waals surface area contributed by atoms with Gasteiger partial charge in [-0.2, -0.15) is 0 Å². The van der Waals surface area contributed by atoms with E-state index in [1.165, 1.54) is 4.90 Å². The third kappa shape index (κ3) is 8.40. The van der Waals surface area contributed by atoms with Crippen LogP contribution in [-0.2, 0) is 27.3 Å². The molecule has 220 valence electrons. The number of hydrogen-bond acceptors (Lipinski definition) is 6. The monoisotopic (exact) mass is 572 g/mol. The van der Waals surface area contributed by atoms with Crippen LogP contribution in [0.4, 0.5) is 0 Å². The van der Waals surface area contributed by atoms with Crippen LogP contribution in [0, 0.1) is 0 Å². The van der Waals surface area contributed by atoms with Gasteiger partial charge < -0.3 is 30.7 Å². The molecule has 3 aromatic carbocycles. The van der Waals surface area contributed by atoms with Crippen LogP contribution >= 0.6 is 0 Å². The minimum absolute atomic E-state index is 0.0453. The quantitative estimate of drug-likeness (QED) is 0.325. The molecule has 0 bridgehead atoms. The van der Waals surface area contributed by atoms with Gasteiger partial charge in [0.1, 0.15) is 24.4 Å². The second kappa shape index (κ2) is 14.8. The van der Waals surface area contributed by atoms with E-state index in [4.69, 9.17) is 4.74 Å². The van der Waals surface area contributed by atoms with Gasteiger partial charge in [0.2, 0.25) is 17.7 Å². The van der Waals surface area contributed by atoms with Crippen molar-refractivity contribution in [2.75, 3.05) is 19.8 Å². The number of carbonyl (C=O) groups excluding carboxylic acids is 4. The van der Waals surface area contributed by atoms with Gasteiger partial charge in [0.05, 0.1) is 24.6 Å². The fourth-order valence-electron chi connectivity index (χ4n) is 4.68. The van der Waals surface area contributed by atoms with Crippen LogP contribution in [0.1, 0.15) is 34.8 Å². The predicted octanol–water partition coefficient (Wildman–Crippen LogP) is 1.82. The van der Waals surface area contributed by atoms with Crippen molar-refractivity contribution < 1.29 is 29.0 Å². The molecular formula is C32H36N4O6. The van der Waals surface area contributed by atoms with E-state index in [9.17, 15) is 24.3 Å². The van der Waals surface area contributed by atoms with Gasteiger partial charge in [0.15, 0.2) is 0 Å². The van der Waals surface area contributed by atoms with Crippen molar-refractivity contribution in [1.29, 1.82) is 0 Å². The summed E-state index contributed by atoms with van der Waals surface area (Å²) in [6, 6.07) is 22.4. The number of aliphatic hydroxyl groups is 1. The Balaban J connectivity index is 1.63. The Kier molecular flexibility index (Phi) is 10.7. The Morgan fingerprint density at radius 3 is 2.14 bits per heavy atom. The van der Waals surface area contributed by atoms with Crippen LogP contribution in [0.5, 0.6) is 5.75 Å². The Labute approximate surface area is 245 Å². The van der Waals surface area contributed by atoms with Crippen molar-refractivity contribution in [3.05, 3.63) is 102 Å². The molecule has 1 heterocycles. The molecule has 0 saturated heterocycles. The molecule has 0 spiro atoms. The van der Waals surface area contributed by atoms with E-state index in [1.807, 2.05) is 60.7 Å². The van der Waals surface area contributed by atoms with E-state index in [-0.39, 0.29) is 50.5 Å². The zero-order chi connectivity index (χ0) is 29.9. The fourth-order valence-corrected chi connectivity index (χ4v) is 4.68. The number of ether oxygens (including phenoxy) is 1. The third-order valence-electron chi connectivity index (χ3n) is 6.86. The van der Waals surface area contributed by atoms with Crippen molar-refractivity contribution in [2.24, 2.45) is 0 Å². The number of nitrogens with zero attached hydrogens (tertiary/aromatic N) is 1. The standard InChI is InChI=1S/C32H36N4O6/c1-22-21-42-28-15-9-8-14-25(28)30(39)34-27(19-29(38)36(16-17-37)20-24-12-6-3-7-13-24)32(41)35-26(31(40)33-22)18-23-10-4-2-5-11-23/h2-15,22,26-27,37H,16-21H2,1H3,(H,33,40)(H,34,39)(H,35,41)/t22-,26-,27+/m1/s1. The summed E-state index contributed by atoms with van der Waals surface area (Å²) in [5.74, 6) is -1.85. The number of amides is 4. The summed E-state index contributed by atoms with van der Waals surface area (Å²) < 4.78 is 5.88. The molecule has 3 aromatic rings. The SMILES string of the molecule is C[C@@H]1COc2ccccc2C(=O)N[C@@H](CC(=O)N(CCO)Cc2ccccc2)C(=O)N[C@H](Cc2ccccc2)C(=O)N1. The van der Waals surface area contributed by atoms with E-state index in [1.54, 1.807) is 31.2 Å². The molecule has 3 atom stereocenters. The number of aliphatic hydroxyl groups excluding tert-OH is 1. The van der Waals surface area contributed by atoms with Crippen molar-refractivity contribution in [2.45, 2.75) is 44.4 Å². The highest BCUT2D eigenvalue weighted by Gasteiger charge is 2.32. The van der Waals surface area contributed by atoms with Crippen molar-refractivity contribution in [1.82, 2.24) is 20.9 Å². The topological polar surface area (TPSA) is 137 Å². The van der Waals surface area contributed by atoms with Crippen LogP contribution < -0.4 is 20.7 Å². The number of hydrogen-bond donors (Lipinski definition) is 4. The molecule has 10 nitrogen and oxygen atoms in total. The molecule has 10 heteroatoms. The molecule has 1 aliphatic heterocycles. The maximum atomic E-state index is 13.7. The Hall–Kier alpha value is -4.70. The van der Waals surface area contributed by atoms with Gasteiger partial charge in [-0.25, -0.2) is 0 Å². The van der Waals surface area contributed by atoms with E-state index in [0.29, 0.717) is 0 Å². The molecule has 0 aliphatic carbocycles. The van der Waals surface area contributed by atoms with Gasteiger partial charge in [-0.3, -0.25) is 19.2 Å². The Morgan fingerprint density at radius 1 is 0.833 bits per heavy atom. The van der Waals surface area contributed by atoms with Crippen LogP contribution in [0.2, 0.25) is 0 Å². The second-order valence-electron chi connectivity index (χ2n) is 10.2. The Morgan fingerprint density at radius 2 is 1.45 bits per heavy atom. The predicted molar refractivity (Wildman–Crippen MR) is 156 cm³/mol. The molecule has 0 radical (unpaired) electrons. The summed E-state index contributed by atoms with van der Waals surface area (Å²) in [7, 11) is 0. The molecule has 42 heavy (non-hydrogen) atoms. The maximum Gasteiger partial charge on any atom is 0.255 e. The largest absolute Gasteiger partial charge is 0.491 e. The van der Waals surface area contributed by atoms with E-state index >= 15 is 0 Å². The highest BCUT2D eigenvalue weighted by atomic mass is 16.5. The summed E-state index contributed by atoms with van der Waals surface area (Å²) in [5, 5.41) is 18.0. The highest BCUT2D eigenvalue weighted by molar-refractivity contribution is 6.01. The first-order valence-corrected chi connectivity index (χ1v) is 13.9. The lowest BCUT2D eigenvalue weighted by molar-refractivity contribution is -0.136. The van der Waals surface area contributed by atoms with Gasteiger partial charge in [-0.1, -0.05) is 72.8 Å². The molecule has 0 aromatic heterocycles. The summed E-state index contributed by atoms with van der Waals surface area (Å²) >= 11 is 0. The summed E-state index contributed by atoms with van der Waals surface area (Å²) in [6.07, 6.45) is -0.186. The van der Waals surface area contributed by atoms with Crippen molar-refractivity contribution >= 4 is 23.6 Å². The van der Waals surface area contributed by atoms with Gasteiger partial charge in [-0.05, 0) is 30.2 Å². The van der Waals surface area contributed by atoms with Gasteiger partial charge in [0.25, 0.3) is 5.91 Å². The molecule has 4 rings (SSSR count). The molecule has 0 fully saturated rings. The first kappa shape index (κ1) is 30.3. The van der Waals surface area contributed by atoms with Crippen LogP contribution in [0.3, 0.4) is 0 Å². The molecule has 4 N–H and O–H groups in total. The van der Waals surface area contributed by atoms with Gasteiger partial charge in [-0.15, -0.1) is 0 Å². The smallest absolute Gasteiger partial charge is 0.255 e. The molecule has 1 aliphatic rings. The Bertz CT molecular complexity index is 1370. The number of fused-ring (bicyclic) bond motifs is 1. The fraction of sp³-hybridized carbons (Fsp3) is 0.312. The molecule has 0 saturated carbocycles. The lowest BCUT2D eigenvalue weighted by Crippen LogP contribution is -2.56. The first-order valence-electron chi connectivity index (χ1n) is 13.9. The van der Waals surface area contributed by atoms with Crippen LogP contribution in [0.25, 0.3) is 0 Å². The molecule has 4 amide bonds. The lowest BCUT2D eigenvalue weighted by Gasteiger charge is -2.26. The molecule has 0 unspecified atom stereocenters. The summed E-state index contributed by atoms with van der Waals surface area (Å²) in [4.78, 5) is 55.4. The zero-order valence-electron chi connectivity index (χ0n) is 23.5. The van der Waals surface area contributed by atoms with Gasteiger partial charge >= 0.3 is 0 Å². The average Bonchev–Trinajstić information content (AvgIpc) is 3.00. The van der Waals surface area contributed by atoms with E-state index in [0.717, 1.165) is 11.1 Å². The zero-order valence-corrected chi connectivity index (χ0v) is 23.5. The minimum atomic E-state index is -1.31. The lowest BCUT2D eigenvalue weighted by atomic mass is 10.0. The van der Waals surface area contributed by atoms with Crippen LogP contribution in [-0.4, -0.2) is 71.5 Å². The average molecular weight is 573 g/mol. The molecular weight excluding hydrogens is 536 g/mol. The highest BCUT2D eigenvalue weighted by Crippen LogP contribution is 2.19. The summed E-state index contributed by atoms with van der Waals surface area (Å²) in [5.41, 5.74) is 1.87. The van der Waals surface area contributed by atoms with E-state index < -0.39 is 41.8 Å². The third-order valence-corrected chi connectivity index (χ3v) is 6.86.